The Kier molecular flexibility index (Phi) is 4.79. The van der Waals surface area contributed by atoms with Gasteiger partial charge in [0.05, 0.1) is 24.5 Å². The number of hydrogen-bond acceptors (Lipinski definition) is 6. The van der Waals surface area contributed by atoms with Crippen LogP contribution in [0.25, 0.3) is 0 Å². The Bertz CT molecular complexity index is 845. The van der Waals surface area contributed by atoms with Crippen molar-refractivity contribution < 1.29 is 18.5 Å². The molecule has 1 saturated heterocycles. The number of nitrogens with zero attached hydrogens (tertiary/aromatic N) is 3. The van der Waals surface area contributed by atoms with Gasteiger partial charge < -0.3 is 18.6 Å². The van der Waals surface area contributed by atoms with Crippen LogP contribution < -0.4 is 0 Å². The third kappa shape index (κ3) is 3.52. The molecule has 1 aliphatic heterocycles. The molecule has 1 aromatic carbocycles. The molecule has 1 unspecified atom stereocenters. The summed E-state index contributed by atoms with van der Waals surface area (Å²) in [4.78, 5) is 18.8. The van der Waals surface area contributed by atoms with Crippen molar-refractivity contribution in [1.29, 1.82) is 0 Å². The number of carbonyl (C=O) groups is 1. The number of furan rings is 1. The lowest BCUT2D eigenvalue weighted by molar-refractivity contribution is 0.0727. The van der Waals surface area contributed by atoms with Crippen molar-refractivity contribution in [1.82, 2.24) is 15.0 Å². The molecule has 0 radical (unpaired) electrons. The summed E-state index contributed by atoms with van der Waals surface area (Å²) in [6, 6.07) is 11.4. The maximum absolute atomic E-state index is 12.6. The van der Waals surface area contributed by atoms with Crippen molar-refractivity contribution in [2.45, 2.75) is 32.1 Å². The number of ether oxygens (including phenoxy) is 1. The number of rotatable bonds is 6. The zero-order chi connectivity index (χ0) is 17.8. The average molecular weight is 353 g/mol. The van der Waals surface area contributed by atoms with Gasteiger partial charge in [-0.05, 0) is 24.5 Å². The van der Waals surface area contributed by atoms with Crippen LogP contribution in [0.3, 0.4) is 0 Å². The van der Waals surface area contributed by atoms with Gasteiger partial charge in [0.1, 0.15) is 12.9 Å². The molecule has 3 heterocycles. The van der Waals surface area contributed by atoms with E-state index in [0.717, 1.165) is 18.4 Å². The molecule has 0 bridgehead atoms. The van der Waals surface area contributed by atoms with Crippen molar-refractivity contribution in [2.24, 2.45) is 0 Å². The van der Waals surface area contributed by atoms with E-state index in [1.54, 1.807) is 11.0 Å². The number of aromatic nitrogens is 2. The first-order valence-corrected chi connectivity index (χ1v) is 8.58. The summed E-state index contributed by atoms with van der Waals surface area (Å²) in [6.45, 7) is 1.39. The van der Waals surface area contributed by atoms with Gasteiger partial charge in [-0.3, -0.25) is 4.79 Å². The lowest BCUT2D eigenvalue weighted by atomic mass is 10.2. The summed E-state index contributed by atoms with van der Waals surface area (Å²) >= 11 is 0. The predicted octanol–water partition coefficient (Wildman–Crippen LogP) is 3.36. The van der Waals surface area contributed by atoms with E-state index in [9.17, 15) is 4.79 Å². The first-order chi connectivity index (χ1) is 12.8. The van der Waals surface area contributed by atoms with Gasteiger partial charge in [-0.25, -0.2) is 0 Å². The lowest BCUT2D eigenvalue weighted by Gasteiger charge is -2.21. The SMILES string of the molecule is O=C(c1ccoc1)N1CCCC1c1noc(COCc2ccccc2)n1. The maximum atomic E-state index is 12.6. The maximum Gasteiger partial charge on any atom is 0.257 e. The molecule has 134 valence electrons. The molecule has 4 rings (SSSR count). The molecular weight excluding hydrogens is 334 g/mol. The van der Waals surface area contributed by atoms with Gasteiger partial charge in [0.2, 0.25) is 0 Å². The van der Waals surface area contributed by atoms with E-state index in [1.165, 1.54) is 12.5 Å². The Balaban J connectivity index is 1.38. The van der Waals surface area contributed by atoms with E-state index in [2.05, 4.69) is 10.1 Å². The van der Waals surface area contributed by atoms with Crippen molar-refractivity contribution in [3.8, 4) is 0 Å². The monoisotopic (exact) mass is 353 g/mol. The van der Waals surface area contributed by atoms with Crippen LogP contribution in [0.4, 0.5) is 0 Å². The van der Waals surface area contributed by atoms with Crippen molar-refractivity contribution >= 4 is 5.91 Å². The van der Waals surface area contributed by atoms with Crippen LogP contribution in [-0.4, -0.2) is 27.5 Å². The largest absolute Gasteiger partial charge is 0.472 e. The molecule has 7 nitrogen and oxygen atoms in total. The Labute approximate surface area is 150 Å². The van der Waals surface area contributed by atoms with Crippen molar-refractivity contribution in [2.75, 3.05) is 6.54 Å². The smallest absolute Gasteiger partial charge is 0.257 e. The molecule has 7 heteroatoms. The van der Waals surface area contributed by atoms with Gasteiger partial charge in [-0.1, -0.05) is 35.5 Å². The second-order valence-electron chi connectivity index (χ2n) is 6.19. The van der Waals surface area contributed by atoms with Crippen LogP contribution in [-0.2, 0) is 18.0 Å². The summed E-state index contributed by atoms with van der Waals surface area (Å²) in [5, 5.41) is 4.05. The molecule has 1 aliphatic rings. The van der Waals surface area contributed by atoms with E-state index in [-0.39, 0.29) is 18.6 Å². The highest BCUT2D eigenvalue weighted by Crippen LogP contribution is 2.31. The molecule has 2 aromatic heterocycles. The van der Waals surface area contributed by atoms with Crippen LogP contribution >= 0.6 is 0 Å². The first kappa shape index (κ1) is 16.5. The van der Waals surface area contributed by atoms with Crippen LogP contribution in [0.2, 0.25) is 0 Å². The quantitative estimate of drug-likeness (QED) is 0.676. The fraction of sp³-hybridized carbons (Fsp3) is 0.316. The predicted molar refractivity (Wildman–Crippen MR) is 91.0 cm³/mol. The normalized spacial score (nSPS) is 16.9. The van der Waals surface area contributed by atoms with Gasteiger partial charge in [0.15, 0.2) is 5.82 Å². The molecule has 0 spiro atoms. The van der Waals surface area contributed by atoms with E-state index in [1.807, 2.05) is 30.3 Å². The van der Waals surface area contributed by atoms with Crippen LogP contribution in [0.1, 0.15) is 46.5 Å². The highest BCUT2D eigenvalue weighted by Gasteiger charge is 2.34. The summed E-state index contributed by atoms with van der Waals surface area (Å²) in [6.07, 6.45) is 4.67. The zero-order valence-corrected chi connectivity index (χ0v) is 14.2. The van der Waals surface area contributed by atoms with E-state index >= 15 is 0 Å². The van der Waals surface area contributed by atoms with E-state index < -0.39 is 0 Å². The van der Waals surface area contributed by atoms with Gasteiger partial charge >= 0.3 is 0 Å². The number of amides is 1. The minimum absolute atomic E-state index is 0.0760. The molecule has 0 saturated carbocycles. The fourth-order valence-corrected chi connectivity index (χ4v) is 3.12. The number of benzene rings is 1. The standard InChI is InChI=1S/C19H19N3O4/c23-19(15-8-10-24-12-15)22-9-4-7-16(22)18-20-17(26-21-18)13-25-11-14-5-2-1-3-6-14/h1-3,5-6,8,10,12,16H,4,7,9,11,13H2. The van der Waals surface area contributed by atoms with Crippen LogP contribution in [0.5, 0.6) is 0 Å². The van der Waals surface area contributed by atoms with Crippen molar-refractivity contribution in [3.05, 3.63) is 71.8 Å². The Morgan fingerprint density at radius 1 is 1.23 bits per heavy atom. The number of hydrogen-bond donors (Lipinski definition) is 0. The molecule has 1 amide bonds. The first-order valence-electron chi connectivity index (χ1n) is 8.58. The lowest BCUT2D eigenvalue weighted by Crippen LogP contribution is -2.30. The Hall–Kier alpha value is -2.93. The second kappa shape index (κ2) is 7.53. The molecule has 26 heavy (non-hydrogen) atoms. The topological polar surface area (TPSA) is 81.6 Å². The minimum atomic E-state index is -0.177. The number of likely N-dealkylation sites (tertiary alicyclic amines) is 1. The summed E-state index contributed by atoms with van der Waals surface area (Å²) < 4.78 is 15.9. The van der Waals surface area contributed by atoms with Crippen LogP contribution in [0, 0.1) is 0 Å². The third-order valence-corrected chi connectivity index (χ3v) is 4.40. The van der Waals surface area contributed by atoms with E-state index in [4.69, 9.17) is 13.7 Å². The Morgan fingerprint density at radius 2 is 2.12 bits per heavy atom. The van der Waals surface area contributed by atoms with Gasteiger partial charge in [-0.15, -0.1) is 0 Å². The van der Waals surface area contributed by atoms with Gasteiger partial charge in [0.25, 0.3) is 11.8 Å². The molecule has 0 N–H and O–H groups in total. The van der Waals surface area contributed by atoms with Crippen LogP contribution in [0.15, 0.2) is 57.9 Å². The molecule has 3 aromatic rings. The third-order valence-electron chi connectivity index (χ3n) is 4.40. The fourth-order valence-electron chi connectivity index (χ4n) is 3.12. The van der Waals surface area contributed by atoms with E-state index in [0.29, 0.717) is 30.4 Å². The summed E-state index contributed by atoms with van der Waals surface area (Å²) in [5.41, 5.74) is 1.62. The number of carbonyl (C=O) groups excluding carboxylic acids is 1. The summed E-state index contributed by atoms with van der Waals surface area (Å²) in [5.74, 6) is 0.865. The average Bonchev–Trinajstić information content (AvgIpc) is 3.42. The highest BCUT2D eigenvalue weighted by molar-refractivity contribution is 5.94. The van der Waals surface area contributed by atoms with Gasteiger partial charge in [-0.2, -0.15) is 4.98 Å². The Morgan fingerprint density at radius 3 is 2.92 bits per heavy atom. The highest BCUT2D eigenvalue weighted by atomic mass is 16.5. The summed E-state index contributed by atoms with van der Waals surface area (Å²) in [7, 11) is 0. The minimum Gasteiger partial charge on any atom is -0.472 e. The molecule has 1 fully saturated rings. The van der Waals surface area contributed by atoms with Crippen molar-refractivity contribution in [3.63, 3.8) is 0 Å². The molecular formula is C19H19N3O4. The zero-order valence-electron chi connectivity index (χ0n) is 14.2. The molecule has 1 atom stereocenters. The second-order valence-corrected chi connectivity index (χ2v) is 6.19. The van der Waals surface area contributed by atoms with Gasteiger partial charge in [0, 0.05) is 6.54 Å². The molecule has 0 aliphatic carbocycles.